The van der Waals surface area contributed by atoms with Crippen molar-refractivity contribution in [3.8, 4) is 0 Å². The van der Waals surface area contributed by atoms with E-state index in [1.807, 2.05) is 30.3 Å². The fraction of sp³-hybridized carbons (Fsp3) is 0.316. The minimum Gasteiger partial charge on any atom is -0.370 e. The summed E-state index contributed by atoms with van der Waals surface area (Å²) in [5, 5.41) is 0. The summed E-state index contributed by atoms with van der Waals surface area (Å²) in [6, 6.07) is 12.2. The van der Waals surface area contributed by atoms with Gasteiger partial charge in [0.05, 0.1) is 19.6 Å². The first kappa shape index (κ1) is 16.6. The van der Waals surface area contributed by atoms with Crippen molar-refractivity contribution in [1.82, 2.24) is 4.90 Å². The number of carbonyl (C=O) groups excluding carboxylic acids is 1. The maximum absolute atomic E-state index is 14.1. The summed E-state index contributed by atoms with van der Waals surface area (Å²) in [6.45, 7) is 2.78. The van der Waals surface area contributed by atoms with Crippen molar-refractivity contribution in [3.63, 3.8) is 0 Å². The zero-order valence-electron chi connectivity index (χ0n) is 13.5. The molecule has 0 saturated carbocycles. The maximum atomic E-state index is 14.1. The highest BCUT2D eigenvalue weighted by Gasteiger charge is 2.26. The van der Waals surface area contributed by atoms with E-state index in [-0.39, 0.29) is 24.0 Å². The molecule has 0 spiro atoms. The van der Waals surface area contributed by atoms with Gasteiger partial charge >= 0.3 is 0 Å². The van der Waals surface area contributed by atoms with Crippen molar-refractivity contribution in [1.29, 1.82) is 0 Å². The van der Waals surface area contributed by atoms with Gasteiger partial charge in [0.15, 0.2) is 0 Å². The Morgan fingerprint density at radius 1 is 1.21 bits per heavy atom. The minimum atomic E-state index is -0.681. The third kappa shape index (κ3) is 3.46. The summed E-state index contributed by atoms with van der Waals surface area (Å²) in [7, 11) is 0. The molecule has 1 fully saturated rings. The topological polar surface area (TPSA) is 29.5 Å². The first-order valence-electron chi connectivity index (χ1n) is 7.94. The Morgan fingerprint density at radius 3 is 2.71 bits per heavy atom. The number of carbonyl (C=O) groups is 1. The number of nitrogens with zero attached hydrogens (tertiary/aromatic N) is 1. The highest BCUT2D eigenvalue weighted by molar-refractivity contribution is 5.79. The Kier molecular flexibility index (Phi) is 4.90. The molecular weight excluding hydrogens is 312 g/mol. The van der Waals surface area contributed by atoms with E-state index in [2.05, 4.69) is 0 Å². The lowest BCUT2D eigenvalue weighted by molar-refractivity contribution is -0.138. The van der Waals surface area contributed by atoms with Crippen LogP contribution in [0, 0.1) is 18.6 Å². The lowest BCUT2D eigenvalue weighted by Crippen LogP contribution is -2.43. The highest BCUT2D eigenvalue weighted by atomic mass is 19.1. The molecule has 0 aliphatic carbocycles. The van der Waals surface area contributed by atoms with Gasteiger partial charge in [-0.2, -0.15) is 0 Å². The number of hydrogen-bond acceptors (Lipinski definition) is 2. The van der Waals surface area contributed by atoms with Crippen LogP contribution in [-0.4, -0.2) is 30.5 Å². The molecule has 3 rings (SSSR count). The molecule has 1 atom stereocenters. The van der Waals surface area contributed by atoms with Gasteiger partial charge in [0, 0.05) is 12.1 Å². The number of ether oxygens (including phenoxy) is 1. The average molecular weight is 331 g/mol. The molecule has 0 radical (unpaired) electrons. The molecule has 126 valence electrons. The molecule has 2 aromatic carbocycles. The summed E-state index contributed by atoms with van der Waals surface area (Å²) in [5.74, 6) is -1.61. The van der Waals surface area contributed by atoms with Gasteiger partial charge in [-0.05, 0) is 24.1 Å². The molecule has 1 amide bonds. The van der Waals surface area contributed by atoms with Gasteiger partial charge < -0.3 is 9.64 Å². The van der Waals surface area contributed by atoms with Gasteiger partial charge in [-0.15, -0.1) is 0 Å². The number of aryl methyl sites for hydroxylation is 1. The van der Waals surface area contributed by atoms with Gasteiger partial charge in [0.25, 0.3) is 0 Å². The SMILES string of the molecule is Cc1ccc(F)c(CC(=O)N2CCOC(c3ccccc3)C2)c1F. The van der Waals surface area contributed by atoms with Crippen LogP contribution in [0.15, 0.2) is 42.5 Å². The second-order valence-electron chi connectivity index (χ2n) is 5.94. The molecule has 0 bridgehead atoms. The standard InChI is InChI=1S/C19H19F2NO2/c1-13-7-8-16(20)15(19(13)21)11-18(23)22-9-10-24-17(12-22)14-5-3-2-4-6-14/h2-8,17H,9-12H2,1H3. The van der Waals surface area contributed by atoms with E-state index >= 15 is 0 Å². The van der Waals surface area contributed by atoms with Crippen molar-refractivity contribution < 1.29 is 18.3 Å². The molecule has 24 heavy (non-hydrogen) atoms. The van der Waals surface area contributed by atoms with Crippen LogP contribution in [0.1, 0.15) is 22.8 Å². The van der Waals surface area contributed by atoms with Crippen LogP contribution in [0.25, 0.3) is 0 Å². The Balaban J connectivity index is 1.73. The average Bonchev–Trinajstić information content (AvgIpc) is 2.62. The molecule has 0 aromatic heterocycles. The Bertz CT molecular complexity index is 734. The third-order valence-electron chi connectivity index (χ3n) is 4.30. The first-order chi connectivity index (χ1) is 11.6. The monoisotopic (exact) mass is 331 g/mol. The van der Waals surface area contributed by atoms with Gasteiger partial charge in [-0.1, -0.05) is 36.4 Å². The summed E-state index contributed by atoms with van der Waals surface area (Å²) < 4.78 is 33.7. The van der Waals surface area contributed by atoms with E-state index < -0.39 is 11.6 Å². The van der Waals surface area contributed by atoms with Crippen LogP contribution in [0.3, 0.4) is 0 Å². The molecule has 5 heteroatoms. The zero-order chi connectivity index (χ0) is 17.1. The van der Waals surface area contributed by atoms with Crippen molar-refractivity contribution in [2.75, 3.05) is 19.7 Å². The van der Waals surface area contributed by atoms with E-state index in [1.165, 1.54) is 12.1 Å². The van der Waals surface area contributed by atoms with Crippen LogP contribution < -0.4 is 0 Å². The van der Waals surface area contributed by atoms with E-state index in [1.54, 1.807) is 11.8 Å². The fourth-order valence-electron chi connectivity index (χ4n) is 2.88. The molecule has 1 unspecified atom stereocenters. The molecule has 3 nitrogen and oxygen atoms in total. The first-order valence-corrected chi connectivity index (χ1v) is 7.94. The molecular formula is C19H19F2NO2. The van der Waals surface area contributed by atoms with Gasteiger partial charge in [0.1, 0.15) is 17.7 Å². The summed E-state index contributed by atoms with van der Waals surface area (Å²) in [5.41, 5.74) is 1.16. The number of hydrogen-bond donors (Lipinski definition) is 0. The van der Waals surface area contributed by atoms with Crippen LogP contribution in [0.4, 0.5) is 8.78 Å². The predicted octanol–water partition coefficient (Wildman–Crippen LogP) is 3.42. The number of halogens is 2. The smallest absolute Gasteiger partial charge is 0.227 e. The van der Waals surface area contributed by atoms with Crippen LogP contribution in [-0.2, 0) is 16.0 Å². The van der Waals surface area contributed by atoms with Crippen LogP contribution in [0.5, 0.6) is 0 Å². The molecule has 1 saturated heterocycles. The van der Waals surface area contributed by atoms with Gasteiger partial charge in [-0.25, -0.2) is 8.78 Å². The Labute approximate surface area is 139 Å². The van der Waals surface area contributed by atoms with E-state index in [0.717, 1.165) is 5.56 Å². The van der Waals surface area contributed by atoms with Gasteiger partial charge in [-0.3, -0.25) is 4.79 Å². The predicted molar refractivity (Wildman–Crippen MR) is 86.5 cm³/mol. The second-order valence-corrected chi connectivity index (χ2v) is 5.94. The van der Waals surface area contributed by atoms with Crippen molar-refractivity contribution in [2.24, 2.45) is 0 Å². The van der Waals surface area contributed by atoms with E-state index in [4.69, 9.17) is 4.74 Å². The summed E-state index contributed by atoms with van der Waals surface area (Å²) in [6.07, 6.45) is -0.489. The Hall–Kier alpha value is -2.27. The van der Waals surface area contributed by atoms with Crippen LogP contribution in [0.2, 0.25) is 0 Å². The zero-order valence-corrected chi connectivity index (χ0v) is 13.5. The highest BCUT2D eigenvalue weighted by Crippen LogP contribution is 2.23. The number of rotatable bonds is 3. The number of benzene rings is 2. The van der Waals surface area contributed by atoms with Crippen molar-refractivity contribution >= 4 is 5.91 Å². The molecule has 1 aliphatic heterocycles. The lowest BCUT2D eigenvalue weighted by atomic mass is 10.0. The summed E-state index contributed by atoms with van der Waals surface area (Å²) in [4.78, 5) is 14.1. The molecule has 1 heterocycles. The van der Waals surface area contributed by atoms with E-state index in [9.17, 15) is 13.6 Å². The van der Waals surface area contributed by atoms with Gasteiger partial charge in [0.2, 0.25) is 5.91 Å². The van der Waals surface area contributed by atoms with Crippen molar-refractivity contribution in [2.45, 2.75) is 19.4 Å². The second kappa shape index (κ2) is 7.09. The fourth-order valence-corrected chi connectivity index (χ4v) is 2.88. The number of morpholine rings is 1. The molecule has 1 aliphatic rings. The largest absolute Gasteiger partial charge is 0.370 e. The van der Waals surface area contributed by atoms with E-state index in [0.29, 0.717) is 25.3 Å². The lowest BCUT2D eigenvalue weighted by Gasteiger charge is -2.33. The maximum Gasteiger partial charge on any atom is 0.227 e. The van der Waals surface area contributed by atoms with Crippen LogP contribution >= 0.6 is 0 Å². The molecule has 2 aromatic rings. The third-order valence-corrected chi connectivity index (χ3v) is 4.30. The normalized spacial score (nSPS) is 17.8. The van der Waals surface area contributed by atoms with Crippen molar-refractivity contribution in [3.05, 3.63) is 70.8 Å². The number of amides is 1. The summed E-state index contributed by atoms with van der Waals surface area (Å²) >= 11 is 0. The quantitative estimate of drug-likeness (QED) is 0.862. The molecule has 0 N–H and O–H groups in total. The minimum absolute atomic E-state index is 0.164. The Morgan fingerprint density at radius 2 is 1.96 bits per heavy atom.